The fourth-order valence-electron chi connectivity index (χ4n) is 2.94. The van der Waals surface area contributed by atoms with Crippen molar-refractivity contribution in [1.82, 2.24) is 14.5 Å². The normalized spacial score (nSPS) is 14.0. The Morgan fingerprint density at radius 2 is 2.11 bits per heavy atom. The number of benzene rings is 1. The smallest absolute Gasteiger partial charge is 0.281 e. The molecule has 0 unspecified atom stereocenters. The van der Waals surface area contributed by atoms with Crippen molar-refractivity contribution in [2.45, 2.75) is 6.54 Å². The summed E-state index contributed by atoms with van der Waals surface area (Å²) < 4.78 is 26.9. The zero-order valence-electron chi connectivity index (χ0n) is 14.4. The zero-order chi connectivity index (χ0) is 19.0. The van der Waals surface area contributed by atoms with Crippen molar-refractivity contribution in [3.63, 3.8) is 0 Å². The van der Waals surface area contributed by atoms with Crippen molar-refractivity contribution in [1.29, 1.82) is 0 Å². The maximum atomic E-state index is 12.6. The molecule has 1 aliphatic heterocycles. The van der Waals surface area contributed by atoms with Gasteiger partial charge in [0.25, 0.3) is 5.91 Å². The Labute approximate surface area is 154 Å². The monoisotopic (exact) mass is 384 g/mol. The number of nitrogens with one attached hydrogen (secondary N) is 2. The average molecular weight is 384 g/mol. The molecular weight excluding hydrogens is 368 g/mol. The van der Waals surface area contributed by atoms with Gasteiger partial charge in [-0.3, -0.25) is 19.1 Å². The van der Waals surface area contributed by atoms with E-state index in [1.807, 2.05) is 28.8 Å². The highest BCUT2D eigenvalue weighted by atomic mass is 32.2. The van der Waals surface area contributed by atoms with Crippen molar-refractivity contribution in [3.05, 3.63) is 53.9 Å². The number of pyridine rings is 1. The third kappa shape index (κ3) is 3.51. The highest BCUT2D eigenvalue weighted by Gasteiger charge is 2.16. The van der Waals surface area contributed by atoms with Gasteiger partial charge in [-0.25, -0.2) is 13.4 Å². The van der Waals surface area contributed by atoms with Crippen LogP contribution >= 0.6 is 0 Å². The largest absolute Gasteiger partial charge is 0.369 e. The van der Waals surface area contributed by atoms with Crippen LogP contribution in [0.3, 0.4) is 0 Å². The van der Waals surface area contributed by atoms with Crippen molar-refractivity contribution in [3.8, 4) is 0 Å². The first-order valence-electron chi connectivity index (χ1n) is 8.16. The first-order chi connectivity index (χ1) is 12.9. The van der Waals surface area contributed by atoms with E-state index in [1.165, 1.54) is 18.5 Å². The minimum atomic E-state index is -3.47. The Morgan fingerprint density at radius 1 is 1.30 bits per heavy atom. The Bertz CT molecular complexity index is 1230. The predicted octanol–water partition coefficient (Wildman–Crippen LogP) is 0.969. The fraction of sp³-hybridized carbons (Fsp3) is 0.176. The van der Waals surface area contributed by atoms with Crippen molar-refractivity contribution >= 4 is 38.3 Å². The van der Waals surface area contributed by atoms with Gasteiger partial charge in [-0.1, -0.05) is 12.1 Å². The van der Waals surface area contributed by atoms with E-state index in [2.05, 4.69) is 25.0 Å². The molecule has 0 aliphatic carbocycles. The van der Waals surface area contributed by atoms with E-state index in [1.54, 1.807) is 0 Å². The van der Waals surface area contributed by atoms with Crippen LogP contribution in [0.4, 0.5) is 11.5 Å². The summed E-state index contributed by atoms with van der Waals surface area (Å²) in [6, 6.07) is 9.01. The summed E-state index contributed by atoms with van der Waals surface area (Å²) in [5.41, 5.74) is 1.39. The Kier molecular flexibility index (Phi) is 4.11. The van der Waals surface area contributed by atoms with Gasteiger partial charge in [0.05, 0.1) is 29.2 Å². The minimum absolute atomic E-state index is 0.166. The zero-order valence-corrected chi connectivity index (χ0v) is 15.2. The van der Waals surface area contributed by atoms with Gasteiger partial charge in [-0.05, 0) is 18.2 Å². The van der Waals surface area contributed by atoms with Crippen molar-refractivity contribution < 1.29 is 13.2 Å². The lowest BCUT2D eigenvalue weighted by Crippen LogP contribution is -2.24. The molecule has 9 nitrogen and oxygen atoms in total. The number of sulfonamides is 1. The summed E-state index contributed by atoms with van der Waals surface area (Å²) in [6.07, 6.45) is 3.68. The van der Waals surface area contributed by atoms with E-state index >= 15 is 0 Å². The highest BCUT2D eigenvalue weighted by Crippen LogP contribution is 2.22. The molecule has 2 N–H and O–H groups in total. The summed E-state index contributed by atoms with van der Waals surface area (Å²) in [7, 11) is -3.47. The summed E-state index contributed by atoms with van der Waals surface area (Å²) in [6.45, 7) is 1.37. The summed E-state index contributed by atoms with van der Waals surface area (Å²) in [4.78, 5) is 25.2. The van der Waals surface area contributed by atoms with Gasteiger partial charge < -0.3 is 5.32 Å². The van der Waals surface area contributed by atoms with Gasteiger partial charge in [-0.15, -0.1) is 0 Å². The summed E-state index contributed by atoms with van der Waals surface area (Å²) in [5.74, 6) is 0.321. The molecule has 0 saturated carbocycles. The molecule has 27 heavy (non-hydrogen) atoms. The second kappa shape index (κ2) is 6.47. The van der Waals surface area contributed by atoms with E-state index in [-0.39, 0.29) is 11.3 Å². The molecule has 0 bridgehead atoms. The molecule has 1 amide bonds. The number of hydrogen-bond acceptors (Lipinski definition) is 6. The Hall–Kier alpha value is -3.27. The van der Waals surface area contributed by atoms with Gasteiger partial charge in [0, 0.05) is 24.7 Å². The lowest BCUT2D eigenvalue weighted by Gasteiger charge is -2.08. The molecule has 1 aliphatic rings. The fourth-order valence-corrected chi connectivity index (χ4v) is 3.48. The van der Waals surface area contributed by atoms with Crippen molar-refractivity contribution in [2.24, 2.45) is 4.99 Å². The minimum Gasteiger partial charge on any atom is -0.369 e. The van der Waals surface area contributed by atoms with Crippen LogP contribution in [-0.2, 0) is 16.6 Å². The number of fused-ring (bicyclic) bond motifs is 3. The molecule has 0 spiro atoms. The molecule has 10 heteroatoms. The number of para-hydroxylation sites is 1. The van der Waals surface area contributed by atoms with Crippen LogP contribution in [0.1, 0.15) is 10.4 Å². The number of carbonyl (C=O) groups excluding carboxylic acids is 1. The number of carbonyl (C=O) groups is 1. The maximum Gasteiger partial charge on any atom is 0.281 e. The van der Waals surface area contributed by atoms with E-state index in [0.29, 0.717) is 12.2 Å². The topological polar surface area (TPSA) is 118 Å². The molecule has 4 rings (SSSR count). The molecule has 2 aromatic heterocycles. The van der Waals surface area contributed by atoms with Gasteiger partial charge in [0.2, 0.25) is 15.6 Å². The predicted molar refractivity (Wildman–Crippen MR) is 101 cm³/mol. The number of aromatic nitrogens is 3. The standard InChI is InChI=1S/C17H16N6O3S/c1-27(25,26)22-12-8-11(9-18-10-12)16(24)21-17-20-14-5-3-2-4-13(14)15-19-6-7-23(15)17/h2-5,8-10,19,22H,6-7H2,1H3. The summed E-state index contributed by atoms with van der Waals surface area (Å²) in [5, 5.41) is 4.25. The third-order valence-electron chi connectivity index (χ3n) is 4.01. The SMILES string of the molecule is CS(=O)(=O)Nc1cncc(C(=O)N=c2nc3ccccc3c3n2CCN3)c1. The molecule has 0 fully saturated rings. The van der Waals surface area contributed by atoms with Gasteiger partial charge in [-0.2, -0.15) is 4.99 Å². The van der Waals surface area contributed by atoms with Gasteiger partial charge >= 0.3 is 0 Å². The van der Waals surface area contributed by atoms with Crippen LogP contribution < -0.4 is 15.7 Å². The molecule has 3 heterocycles. The van der Waals surface area contributed by atoms with Crippen LogP contribution in [0.2, 0.25) is 0 Å². The van der Waals surface area contributed by atoms with Gasteiger partial charge in [0.1, 0.15) is 5.82 Å². The molecule has 3 aromatic rings. The van der Waals surface area contributed by atoms with Crippen molar-refractivity contribution in [2.75, 3.05) is 22.8 Å². The molecule has 0 saturated heterocycles. The second-order valence-electron chi connectivity index (χ2n) is 6.11. The molecule has 0 radical (unpaired) electrons. The van der Waals surface area contributed by atoms with Crippen LogP contribution in [0, 0.1) is 0 Å². The van der Waals surface area contributed by atoms with Gasteiger partial charge in [0.15, 0.2) is 0 Å². The quantitative estimate of drug-likeness (QED) is 0.695. The number of anilines is 2. The van der Waals surface area contributed by atoms with E-state index in [0.717, 1.165) is 29.5 Å². The van der Waals surface area contributed by atoms with Crippen LogP contribution in [0.5, 0.6) is 0 Å². The van der Waals surface area contributed by atoms with Crippen LogP contribution in [0.25, 0.3) is 10.9 Å². The maximum absolute atomic E-state index is 12.6. The summed E-state index contributed by atoms with van der Waals surface area (Å²) >= 11 is 0. The van der Waals surface area contributed by atoms with E-state index < -0.39 is 15.9 Å². The highest BCUT2D eigenvalue weighted by molar-refractivity contribution is 7.92. The first kappa shape index (κ1) is 17.2. The lowest BCUT2D eigenvalue weighted by molar-refractivity contribution is 0.0996. The molecular formula is C17H16N6O3S. The lowest BCUT2D eigenvalue weighted by atomic mass is 10.2. The first-order valence-corrected chi connectivity index (χ1v) is 10.1. The van der Waals surface area contributed by atoms with Crippen LogP contribution in [-0.4, -0.2) is 41.7 Å². The molecule has 138 valence electrons. The number of amides is 1. The van der Waals surface area contributed by atoms with E-state index in [9.17, 15) is 13.2 Å². The Morgan fingerprint density at radius 3 is 2.93 bits per heavy atom. The Balaban J connectivity index is 1.79. The average Bonchev–Trinajstić information content (AvgIpc) is 3.11. The number of nitrogens with zero attached hydrogens (tertiary/aromatic N) is 4. The van der Waals surface area contributed by atoms with E-state index in [4.69, 9.17) is 0 Å². The molecule has 1 aromatic carbocycles. The number of hydrogen-bond donors (Lipinski definition) is 2. The second-order valence-corrected chi connectivity index (χ2v) is 7.86. The third-order valence-corrected chi connectivity index (χ3v) is 4.62. The molecule has 0 atom stereocenters. The number of rotatable bonds is 3. The van der Waals surface area contributed by atoms with Crippen LogP contribution in [0.15, 0.2) is 47.7 Å².